The fourth-order valence-electron chi connectivity index (χ4n) is 2.01. The third-order valence-corrected chi connectivity index (χ3v) is 3.06. The van der Waals surface area contributed by atoms with Crippen molar-refractivity contribution in [3.05, 3.63) is 0 Å². The van der Waals surface area contributed by atoms with Gasteiger partial charge >= 0.3 is 0 Å². The highest BCUT2D eigenvalue weighted by molar-refractivity contribution is 5.32. The number of aliphatic imine (C=N–C) groups is 2. The molecular formula is C13H22N2O2. The lowest BCUT2D eigenvalue weighted by Gasteiger charge is -2.18. The summed E-state index contributed by atoms with van der Waals surface area (Å²) in [7, 11) is 0. The molecule has 0 amide bonds. The zero-order valence-corrected chi connectivity index (χ0v) is 10.8. The van der Waals surface area contributed by atoms with Crippen LogP contribution in [0, 0.1) is 11.8 Å². The van der Waals surface area contributed by atoms with Crippen molar-refractivity contribution in [2.45, 2.75) is 46.0 Å². The molecule has 96 valence electrons. The molecule has 4 heteroatoms. The highest BCUT2D eigenvalue weighted by Gasteiger charge is 2.11. The van der Waals surface area contributed by atoms with Gasteiger partial charge in [0.25, 0.3) is 0 Å². The second-order valence-electron chi connectivity index (χ2n) is 4.49. The third-order valence-electron chi connectivity index (χ3n) is 3.06. The van der Waals surface area contributed by atoms with E-state index in [1.165, 1.54) is 0 Å². The van der Waals surface area contributed by atoms with Gasteiger partial charge in [0.15, 0.2) is 0 Å². The van der Waals surface area contributed by atoms with Crippen LogP contribution in [0.1, 0.15) is 46.0 Å². The normalized spacial score (nSPS) is 13.3. The zero-order chi connectivity index (χ0) is 12.9. The minimum atomic E-state index is 0.576. The molecule has 0 aromatic heterocycles. The van der Waals surface area contributed by atoms with E-state index in [0.717, 1.165) is 32.1 Å². The van der Waals surface area contributed by atoms with Crippen LogP contribution in [0.15, 0.2) is 9.98 Å². The largest absolute Gasteiger partial charge is 0.234 e. The molecule has 0 aliphatic heterocycles. The highest BCUT2D eigenvalue weighted by Crippen LogP contribution is 2.22. The van der Waals surface area contributed by atoms with E-state index in [1.54, 1.807) is 12.2 Å². The Balaban J connectivity index is 3.77. The molecule has 17 heavy (non-hydrogen) atoms. The van der Waals surface area contributed by atoms with Gasteiger partial charge in [-0.1, -0.05) is 20.3 Å². The summed E-state index contributed by atoms with van der Waals surface area (Å²) in [4.78, 5) is 27.0. The summed E-state index contributed by atoms with van der Waals surface area (Å²) in [5.74, 6) is 1.25. The van der Waals surface area contributed by atoms with Crippen molar-refractivity contribution < 1.29 is 9.59 Å². The minimum Gasteiger partial charge on any atom is -0.211 e. The summed E-state index contributed by atoms with van der Waals surface area (Å²) in [5.41, 5.74) is 0. The van der Waals surface area contributed by atoms with Gasteiger partial charge in [0.05, 0.1) is 13.1 Å². The first-order valence-electron chi connectivity index (χ1n) is 6.31. The van der Waals surface area contributed by atoms with Gasteiger partial charge in [0.2, 0.25) is 12.2 Å². The first kappa shape index (κ1) is 15.8. The standard InChI is InChI=1S/C13H22N2O2/c1-3-13(5-4-7-14-10-16)9-12(2)6-8-15-11-17/h12-13H,3-9H2,1-2H3. The van der Waals surface area contributed by atoms with Crippen molar-refractivity contribution in [2.24, 2.45) is 21.8 Å². The van der Waals surface area contributed by atoms with Crippen molar-refractivity contribution in [2.75, 3.05) is 13.1 Å². The van der Waals surface area contributed by atoms with Gasteiger partial charge < -0.3 is 0 Å². The summed E-state index contributed by atoms with van der Waals surface area (Å²) >= 11 is 0. The Labute approximate surface area is 103 Å². The van der Waals surface area contributed by atoms with Gasteiger partial charge in [-0.15, -0.1) is 0 Å². The third kappa shape index (κ3) is 9.68. The number of isocyanates is 2. The van der Waals surface area contributed by atoms with Gasteiger partial charge in [-0.2, -0.15) is 0 Å². The Morgan fingerprint density at radius 3 is 2.29 bits per heavy atom. The van der Waals surface area contributed by atoms with Crippen LogP contribution in [0.3, 0.4) is 0 Å². The van der Waals surface area contributed by atoms with E-state index in [9.17, 15) is 9.59 Å². The van der Waals surface area contributed by atoms with Gasteiger partial charge in [-0.3, -0.25) is 0 Å². The van der Waals surface area contributed by atoms with E-state index in [0.29, 0.717) is 24.9 Å². The molecule has 0 aromatic rings. The first-order valence-corrected chi connectivity index (χ1v) is 6.31. The Morgan fingerprint density at radius 1 is 1.06 bits per heavy atom. The number of nitrogens with zero attached hydrogens (tertiary/aromatic N) is 2. The molecule has 0 N–H and O–H groups in total. The van der Waals surface area contributed by atoms with Gasteiger partial charge in [0.1, 0.15) is 0 Å². The minimum absolute atomic E-state index is 0.576. The summed E-state index contributed by atoms with van der Waals surface area (Å²) in [6.45, 7) is 5.54. The Hall–Kier alpha value is -1.24. The molecule has 0 saturated carbocycles. The Bertz CT molecular complexity index is 279. The van der Waals surface area contributed by atoms with E-state index in [-0.39, 0.29) is 0 Å². The summed E-state index contributed by atoms with van der Waals surface area (Å²) < 4.78 is 0. The molecule has 4 nitrogen and oxygen atoms in total. The van der Waals surface area contributed by atoms with Crippen molar-refractivity contribution in [3.63, 3.8) is 0 Å². The van der Waals surface area contributed by atoms with Crippen molar-refractivity contribution in [1.29, 1.82) is 0 Å². The molecule has 0 rings (SSSR count). The molecule has 2 atom stereocenters. The molecule has 0 aromatic carbocycles. The molecule has 0 heterocycles. The topological polar surface area (TPSA) is 58.9 Å². The van der Waals surface area contributed by atoms with Gasteiger partial charge in [0, 0.05) is 0 Å². The SMILES string of the molecule is CCC(CCCN=C=O)CC(C)CCN=C=O. The quantitative estimate of drug-likeness (QED) is 0.334. The molecule has 0 saturated heterocycles. The van der Waals surface area contributed by atoms with E-state index in [1.807, 2.05) is 0 Å². The lowest BCUT2D eigenvalue weighted by atomic mass is 9.88. The number of hydrogen-bond acceptors (Lipinski definition) is 4. The maximum Gasteiger partial charge on any atom is 0.234 e. The van der Waals surface area contributed by atoms with Crippen LogP contribution in [-0.2, 0) is 9.59 Å². The summed E-state index contributed by atoms with van der Waals surface area (Å²) in [5, 5.41) is 0. The fraction of sp³-hybridized carbons (Fsp3) is 0.846. The lowest BCUT2D eigenvalue weighted by Crippen LogP contribution is -2.07. The molecule has 0 radical (unpaired) electrons. The Morgan fingerprint density at radius 2 is 1.71 bits per heavy atom. The average molecular weight is 238 g/mol. The van der Waals surface area contributed by atoms with Crippen LogP contribution in [-0.4, -0.2) is 25.2 Å². The maximum atomic E-state index is 9.93. The monoisotopic (exact) mass is 238 g/mol. The second kappa shape index (κ2) is 11.3. The zero-order valence-electron chi connectivity index (χ0n) is 10.8. The van der Waals surface area contributed by atoms with Crippen LogP contribution in [0.4, 0.5) is 0 Å². The van der Waals surface area contributed by atoms with Gasteiger partial charge in [-0.05, 0) is 37.5 Å². The lowest BCUT2D eigenvalue weighted by molar-refractivity contribution is 0.345. The average Bonchev–Trinajstić information content (AvgIpc) is 2.33. The van der Waals surface area contributed by atoms with Crippen molar-refractivity contribution in [1.82, 2.24) is 0 Å². The predicted octanol–water partition coefficient (Wildman–Crippen LogP) is 2.88. The van der Waals surface area contributed by atoms with E-state index >= 15 is 0 Å². The van der Waals surface area contributed by atoms with Crippen LogP contribution in [0.2, 0.25) is 0 Å². The molecule has 0 aliphatic rings. The Kier molecular flexibility index (Phi) is 10.4. The first-order chi connectivity index (χ1) is 8.24. The molecule has 0 bridgehead atoms. The van der Waals surface area contributed by atoms with Crippen LogP contribution in [0.5, 0.6) is 0 Å². The smallest absolute Gasteiger partial charge is 0.211 e. The predicted molar refractivity (Wildman–Crippen MR) is 67.4 cm³/mol. The molecular weight excluding hydrogens is 216 g/mol. The number of hydrogen-bond donors (Lipinski definition) is 0. The maximum absolute atomic E-state index is 9.93. The van der Waals surface area contributed by atoms with E-state index < -0.39 is 0 Å². The van der Waals surface area contributed by atoms with Crippen molar-refractivity contribution in [3.8, 4) is 0 Å². The number of rotatable bonds is 10. The van der Waals surface area contributed by atoms with Crippen LogP contribution in [0.25, 0.3) is 0 Å². The summed E-state index contributed by atoms with van der Waals surface area (Å²) in [6, 6.07) is 0. The fourth-order valence-corrected chi connectivity index (χ4v) is 2.01. The molecule has 0 fully saturated rings. The summed E-state index contributed by atoms with van der Waals surface area (Å²) in [6.07, 6.45) is 8.41. The van der Waals surface area contributed by atoms with Crippen LogP contribution < -0.4 is 0 Å². The highest BCUT2D eigenvalue weighted by atomic mass is 16.1. The van der Waals surface area contributed by atoms with E-state index in [2.05, 4.69) is 23.8 Å². The van der Waals surface area contributed by atoms with Crippen molar-refractivity contribution >= 4 is 12.2 Å². The number of carbonyl (C=O) groups excluding carboxylic acids is 2. The molecule has 2 unspecified atom stereocenters. The van der Waals surface area contributed by atoms with Gasteiger partial charge in [-0.25, -0.2) is 19.6 Å². The molecule has 0 spiro atoms. The molecule has 0 aliphatic carbocycles. The van der Waals surface area contributed by atoms with Crippen LogP contribution >= 0.6 is 0 Å². The second-order valence-corrected chi connectivity index (χ2v) is 4.49. The van der Waals surface area contributed by atoms with E-state index in [4.69, 9.17) is 0 Å².